The number of benzene rings is 1. The van der Waals surface area contributed by atoms with Crippen LogP contribution in [-0.4, -0.2) is 29.4 Å². The summed E-state index contributed by atoms with van der Waals surface area (Å²) in [5, 5.41) is 0. The van der Waals surface area contributed by atoms with E-state index in [1.165, 1.54) is 5.56 Å². The molecule has 1 saturated carbocycles. The number of hydrogen-bond donors (Lipinski definition) is 1. The van der Waals surface area contributed by atoms with Crippen LogP contribution in [0.4, 0.5) is 0 Å². The second-order valence-electron chi connectivity index (χ2n) is 7.12. The minimum atomic E-state index is 0.233. The van der Waals surface area contributed by atoms with Crippen LogP contribution in [0.1, 0.15) is 56.9 Å². The number of amides is 1. The van der Waals surface area contributed by atoms with Gasteiger partial charge in [0.05, 0.1) is 0 Å². The first kappa shape index (κ1) is 15.5. The fraction of sp³-hybridized carbons (Fsp3) is 0.632. The SMILES string of the molecule is C[C@H]1C[C@H](N)CCN1C(=O)C1CCC(c2ccccc2)CC1. The van der Waals surface area contributed by atoms with Gasteiger partial charge in [0.15, 0.2) is 0 Å². The molecule has 0 radical (unpaired) electrons. The van der Waals surface area contributed by atoms with E-state index in [0.717, 1.165) is 45.1 Å². The van der Waals surface area contributed by atoms with Crippen molar-refractivity contribution in [2.75, 3.05) is 6.54 Å². The van der Waals surface area contributed by atoms with E-state index in [1.807, 2.05) is 0 Å². The molecule has 1 aliphatic heterocycles. The number of carbonyl (C=O) groups is 1. The van der Waals surface area contributed by atoms with Gasteiger partial charge in [0.2, 0.25) is 5.91 Å². The van der Waals surface area contributed by atoms with Crippen molar-refractivity contribution in [1.29, 1.82) is 0 Å². The molecule has 2 fully saturated rings. The van der Waals surface area contributed by atoms with Gasteiger partial charge in [-0.25, -0.2) is 0 Å². The Hall–Kier alpha value is -1.35. The molecule has 2 aliphatic rings. The molecule has 1 heterocycles. The van der Waals surface area contributed by atoms with Crippen LogP contribution in [0.15, 0.2) is 30.3 Å². The first-order valence-corrected chi connectivity index (χ1v) is 8.76. The molecule has 0 aromatic heterocycles. The molecule has 1 aromatic rings. The van der Waals surface area contributed by atoms with Crippen LogP contribution in [0.2, 0.25) is 0 Å². The Labute approximate surface area is 133 Å². The summed E-state index contributed by atoms with van der Waals surface area (Å²) in [5.74, 6) is 1.25. The van der Waals surface area contributed by atoms with Gasteiger partial charge in [0.1, 0.15) is 0 Å². The van der Waals surface area contributed by atoms with E-state index in [0.29, 0.717) is 17.9 Å². The van der Waals surface area contributed by atoms with Crippen molar-refractivity contribution in [3.8, 4) is 0 Å². The minimum absolute atomic E-state index is 0.233. The third kappa shape index (κ3) is 3.35. The monoisotopic (exact) mass is 300 g/mol. The Morgan fingerprint density at radius 1 is 1.09 bits per heavy atom. The van der Waals surface area contributed by atoms with Gasteiger partial charge >= 0.3 is 0 Å². The van der Waals surface area contributed by atoms with Crippen molar-refractivity contribution in [3.05, 3.63) is 35.9 Å². The molecule has 0 unspecified atom stereocenters. The van der Waals surface area contributed by atoms with Gasteiger partial charge in [-0.05, 0) is 56.9 Å². The van der Waals surface area contributed by atoms with Crippen molar-refractivity contribution in [2.24, 2.45) is 11.7 Å². The lowest BCUT2D eigenvalue weighted by Crippen LogP contribution is -2.50. The van der Waals surface area contributed by atoms with Crippen LogP contribution < -0.4 is 5.73 Å². The molecular formula is C19H28N2O. The van der Waals surface area contributed by atoms with Crippen LogP contribution in [-0.2, 0) is 4.79 Å². The number of rotatable bonds is 2. The number of hydrogen-bond acceptors (Lipinski definition) is 2. The second kappa shape index (κ2) is 6.82. The third-order valence-electron chi connectivity index (χ3n) is 5.55. The van der Waals surface area contributed by atoms with Crippen molar-refractivity contribution < 1.29 is 4.79 Å². The quantitative estimate of drug-likeness (QED) is 0.911. The highest BCUT2D eigenvalue weighted by atomic mass is 16.2. The molecule has 0 spiro atoms. The van der Waals surface area contributed by atoms with E-state index in [2.05, 4.69) is 42.2 Å². The Morgan fingerprint density at radius 3 is 2.41 bits per heavy atom. The number of nitrogens with zero attached hydrogens (tertiary/aromatic N) is 1. The number of nitrogens with two attached hydrogens (primary N) is 1. The Kier molecular flexibility index (Phi) is 4.82. The fourth-order valence-corrected chi connectivity index (χ4v) is 4.17. The summed E-state index contributed by atoms with van der Waals surface area (Å²) in [6.07, 6.45) is 6.26. The van der Waals surface area contributed by atoms with Crippen LogP contribution in [0.25, 0.3) is 0 Å². The van der Waals surface area contributed by atoms with Crippen LogP contribution >= 0.6 is 0 Å². The van der Waals surface area contributed by atoms with Gasteiger partial charge in [0.25, 0.3) is 0 Å². The maximum atomic E-state index is 12.8. The average Bonchev–Trinajstić information content (AvgIpc) is 2.55. The van der Waals surface area contributed by atoms with Crippen molar-refractivity contribution in [1.82, 2.24) is 4.90 Å². The summed E-state index contributed by atoms with van der Waals surface area (Å²) in [6, 6.07) is 11.3. The fourth-order valence-electron chi connectivity index (χ4n) is 4.17. The van der Waals surface area contributed by atoms with E-state index in [1.54, 1.807) is 0 Å². The summed E-state index contributed by atoms with van der Waals surface area (Å²) in [6.45, 7) is 2.99. The van der Waals surface area contributed by atoms with Gasteiger partial charge in [0, 0.05) is 24.5 Å². The number of likely N-dealkylation sites (tertiary alicyclic amines) is 1. The van der Waals surface area contributed by atoms with Crippen LogP contribution in [0.5, 0.6) is 0 Å². The maximum Gasteiger partial charge on any atom is 0.225 e. The molecule has 1 aliphatic carbocycles. The van der Waals surface area contributed by atoms with E-state index >= 15 is 0 Å². The number of carbonyl (C=O) groups excluding carboxylic acids is 1. The smallest absolute Gasteiger partial charge is 0.225 e. The van der Waals surface area contributed by atoms with Gasteiger partial charge in [-0.2, -0.15) is 0 Å². The first-order chi connectivity index (χ1) is 10.6. The minimum Gasteiger partial charge on any atom is -0.340 e. The highest BCUT2D eigenvalue weighted by Crippen LogP contribution is 2.37. The molecule has 3 nitrogen and oxygen atoms in total. The zero-order valence-electron chi connectivity index (χ0n) is 13.6. The highest BCUT2D eigenvalue weighted by molar-refractivity contribution is 5.79. The topological polar surface area (TPSA) is 46.3 Å². The largest absolute Gasteiger partial charge is 0.340 e. The van der Waals surface area contributed by atoms with Crippen molar-refractivity contribution >= 4 is 5.91 Å². The Bertz CT molecular complexity index is 493. The first-order valence-electron chi connectivity index (χ1n) is 8.76. The van der Waals surface area contributed by atoms with E-state index in [-0.39, 0.29) is 12.0 Å². The number of piperidine rings is 1. The molecule has 120 valence electrons. The molecule has 3 rings (SSSR count). The average molecular weight is 300 g/mol. The van der Waals surface area contributed by atoms with Crippen molar-refractivity contribution in [3.63, 3.8) is 0 Å². The van der Waals surface area contributed by atoms with E-state index in [4.69, 9.17) is 5.73 Å². The molecule has 0 bridgehead atoms. The zero-order chi connectivity index (χ0) is 15.5. The van der Waals surface area contributed by atoms with Crippen LogP contribution in [0.3, 0.4) is 0 Å². The van der Waals surface area contributed by atoms with E-state index in [9.17, 15) is 4.79 Å². The molecule has 1 aromatic carbocycles. The summed E-state index contributed by atoms with van der Waals surface area (Å²) in [4.78, 5) is 14.9. The summed E-state index contributed by atoms with van der Waals surface area (Å²) in [7, 11) is 0. The molecule has 22 heavy (non-hydrogen) atoms. The maximum absolute atomic E-state index is 12.8. The van der Waals surface area contributed by atoms with Gasteiger partial charge in [-0.1, -0.05) is 30.3 Å². The summed E-state index contributed by atoms with van der Waals surface area (Å²) >= 11 is 0. The second-order valence-corrected chi connectivity index (χ2v) is 7.12. The standard InChI is InChI=1S/C19H28N2O/c1-14-13-18(20)11-12-21(14)19(22)17-9-7-16(8-10-17)15-5-3-2-4-6-15/h2-6,14,16-18H,7-13,20H2,1H3/t14-,16?,17?,18+/m0/s1. The molecule has 1 saturated heterocycles. The molecule has 2 N–H and O–H groups in total. The molecular weight excluding hydrogens is 272 g/mol. The molecule has 1 amide bonds. The Morgan fingerprint density at radius 2 is 1.77 bits per heavy atom. The molecule has 2 atom stereocenters. The van der Waals surface area contributed by atoms with Gasteiger partial charge < -0.3 is 10.6 Å². The summed E-state index contributed by atoms with van der Waals surface area (Å²) in [5.41, 5.74) is 7.45. The Balaban J connectivity index is 1.56. The van der Waals surface area contributed by atoms with Crippen molar-refractivity contribution in [2.45, 2.75) is 63.5 Å². The predicted octanol–water partition coefficient (Wildman–Crippen LogP) is 3.30. The highest BCUT2D eigenvalue weighted by Gasteiger charge is 2.34. The normalized spacial score (nSPS) is 32.7. The third-order valence-corrected chi connectivity index (χ3v) is 5.55. The summed E-state index contributed by atoms with van der Waals surface area (Å²) < 4.78 is 0. The predicted molar refractivity (Wildman–Crippen MR) is 89.5 cm³/mol. The van der Waals surface area contributed by atoms with Gasteiger partial charge in [-0.15, -0.1) is 0 Å². The lowest BCUT2D eigenvalue weighted by atomic mass is 9.78. The van der Waals surface area contributed by atoms with E-state index < -0.39 is 0 Å². The lowest BCUT2D eigenvalue weighted by molar-refractivity contribution is -0.140. The zero-order valence-corrected chi connectivity index (χ0v) is 13.6. The van der Waals surface area contributed by atoms with Crippen LogP contribution in [0, 0.1) is 5.92 Å². The lowest BCUT2D eigenvalue weighted by Gasteiger charge is -2.39. The van der Waals surface area contributed by atoms with Gasteiger partial charge in [-0.3, -0.25) is 4.79 Å². The molecule has 3 heteroatoms.